The van der Waals surface area contributed by atoms with Gasteiger partial charge in [-0.3, -0.25) is 4.99 Å². The van der Waals surface area contributed by atoms with Crippen LogP contribution in [0.5, 0.6) is 5.75 Å². The molecular formula is C26H21Br2NO. The van der Waals surface area contributed by atoms with Gasteiger partial charge in [-0.05, 0) is 75.4 Å². The molecule has 4 aromatic carbocycles. The number of halogens is 2. The maximum absolute atomic E-state index is 6.30. The largest absolute Gasteiger partial charge is 0.487 e. The normalized spacial score (nSPS) is 11.3. The highest BCUT2D eigenvalue weighted by Gasteiger charge is 2.11. The van der Waals surface area contributed by atoms with E-state index in [1.807, 2.05) is 30.5 Å². The Morgan fingerprint density at radius 2 is 1.67 bits per heavy atom. The third-order valence-electron chi connectivity index (χ3n) is 5.21. The third kappa shape index (κ3) is 4.50. The van der Waals surface area contributed by atoms with Crippen LogP contribution in [0.2, 0.25) is 0 Å². The van der Waals surface area contributed by atoms with E-state index in [0.29, 0.717) is 6.61 Å². The van der Waals surface area contributed by atoms with Gasteiger partial charge < -0.3 is 4.74 Å². The van der Waals surface area contributed by atoms with Crippen molar-refractivity contribution in [3.05, 3.63) is 104 Å². The quantitative estimate of drug-likeness (QED) is 0.241. The summed E-state index contributed by atoms with van der Waals surface area (Å²) in [7, 11) is 0. The molecule has 0 unspecified atom stereocenters. The Morgan fingerprint density at radius 1 is 0.900 bits per heavy atom. The molecule has 0 bridgehead atoms. The minimum Gasteiger partial charge on any atom is -0.487 e. The van der Waals surface area contributed by atoms with Gasteiger partial charge in [0.25, 0.3) is 0 Å². The molecule has 0 amide bonds. The number of nitrogens with zero attached hydrogens (tertiary/aromatic N) is 1. The van der Waals surface area contributed by atoms with Gasteiger partial charge in [0.15, 0.2) is 0 Å². The van der Waals surface area contributed by atoms with Crippen LogP contribution in [0.15, 0.2) is 86.7 Å². The summed E-state index contributed by atoms with van der Waals surface area (Å²) < 4.78 is 8.16. The maximum Gasteiger partial charge on any atom is 0.142 e. The molecule has 150 valence electrons. The Labute approximate surface area is 193 Å². The molecule has 0 fully saturated rings. The molecule has 0 spiro atoms. The van der Waals surface area contributed by atoms with E-state index in [1.54, 1.807) is 0 Å². The van der Waals surface area contributed by atoms with Gasteiger partial charge in [0.1, 0.15) is 12.4 Å². The molecule has 0 aromatic heterocycles. The molecule has 0 N–H and O–H groups in total. The Kier molecular flexibility index (Phi) is 6.35. The van der Waals surface area contributed by atoms with E-state index >= 15 is 0 Å². The van der Waals surface area contributed by atoms with Crippen LogP contribution in [-0.2, 0) is 6.61 Å². The summed E-state index contributed by atoms with van der Waals surface area (Å²) in [6, 6.07) is 24.9. The SMILES string of the molecule is Cc1cccc(N=Cc2cc(Br)cc(Br)c2OCc2cccc3ccccc23)c1C. The van der Waals surface area contributed by atoms with Crippen molar-refractivity contribution in [2.45, 2.75) is 20.5 Å². The molecule has 0 heterocycles. The second kappa shape index (κ2) is 9.15. The minimum atomic E-state index is 0.478. The number of ether oxygens (including phenoxy) is 1. The van der Waals surface area contributed by atoms with Crippen LogP contribution in [0.25, 0.3) is 10.8 Å². The van der Waals surface area contributed by atoms with E-state index in [1.165, 1.54) is 21.9 Å². The standard InChI is InChI=1S/C26H21Br2NO/c1-17-7-5-12-25(18(17)2)29-15-21-13-22(27)14-24(28)26(21)30-16-20-10-6-9-19-8-3-4-11-23(19)20/h3-15H,16H2,1-2H3. The summed E-state index contributed by atoms with van der Waals surface area (Å²) in [6.45, 7) is 4.67. The molecule has 0 aliphatic carbocycles. The van der Waals surface area contributed by atoms with Crippen molar-refractivity contribution in [2.24, 2.45) is 4.99 Å². The van der Waals surface area contributed by atoms with Crippen molar-refractivity contribution in [2.75, 3.05) is 0 Å². The van der Waals surface area contributed by atoms with Crippen molar-refractivity contribution in [3.63, 3.8) is 0 Å². The summed E-state index contributed by atoms with van der Waals surface area (Å²) in [5.74, 6) is 0.778. The zero-order chi connectivity index (χ0) is 21.1. The molecule has 2 nitrogen and oxygen atoms in total. The molecule has 4 aromatic rings. The van der Waals surface area contributed by atoms with Gasteiger partial charge in [0.05, 0.1) is 10.2 Å². The van der Waals surface area contributed by atoms with Crippen molar-refractivity contribution >= 4 is 54.5 Å². The Morgan fingerprint density at radius 3 is 2.53 bits per heavy atom. The second-order valence-corrected chi connectivity index (χ2v) is 8.98. The van der Waals surface area contributed by atoms with Gasteiger partial charge in [-0.1, -0.05) is 70.5 Å². The van der Waals surface area contributed by atoms with Gasteiger partial charge in [-0.15, -0.1) is 0 Å². The number of aliphatic imine (C=N–C) groups is 1. The first kappa shape index (κ1) is 20.8. The van der Waals surface area contributed by atoms with E-state index in [9.17, 15) is 0 Å². The predicted octanol–water partition coefficient (Wildman–Crippen LogP) is 8.31. The molecule has 0 aliphatic rings. The van der Waals surface area contributed by atoms with Crippen LogP contribution in [0.1, 0.15) is 22.3 Å². The lowest BCUT2D eigenvalue weighted by Crippen LogP contribution is -2.00. The fourth-order valence-electron chi connectivity index (χ4n) is 3.41. The molecule has 30 heavy (non-hydrogen) atoms. The first-order valence-corrected chi connectivity index (χ1v) is 11.3. The van der Waals surface area contributed by atoms with Crippen LogP contribution in [0, 0.1) is 13.8 Å². The fourth-order valence-corrected chi connectivity index (χ4v) is 4.78. The zero-order valence-corrected chi connectivity index (χ0v) is 20.0. The molecule has 4 rings (SSSR count). The van der Waals surface area contributed by atoms with Crippen LogP contribution in [0.3, 0.4) is 0 Å². The van der Waals surface area contributed by atoms with Gasteiger partial charge in [0, 0.05) is 16.3 Å². The Hall–Kier alpha value is -2.43. The summed E-state index contributed by atoms with van der Waals surface area (Å²) in [5.41, 5.74) is 5.44. The fraction of sp³-hybridized carbons (Fsp3) is 0.115. The first-order valence-electron chi connectivity index (χ1n) is 9.71. The van der Waals surface area contributed by atoms with Gasteiger partial charge in [0.2, 0.25) is 0 Å². The smallest absolute Gasteiger partial charge is 0.142 e. The lowest BCUT2D eigenvalue weighted by Gasteiger charge is -2.13. The van der Waals surface area contributed by atoms with E-state index in [0.717, 1.165) is 31.5 Å². The number of aryl methyl sites for hydroxylation is 1. The topological polar surface area (TPSA) is 21.6 Å². The molecular weight excluding hydrogens is 502 g/mol. The summed E-state index contributed by atoms with van der Waals surface area (Å²) >= 11 is 7.24. The van der Waals surface area contributed by atoms with Crippen molar-refractivity contribution in [3.8, 4) is 5.75 Å². The highest BCUT2D eigenvalue weighted by Crippen LogP contribution is 2.34. The lowest BCUT2D eigenvalue weighted by molar-refractivity contribution is 0.305. The summed E-state index contributed by atoms with van der Waals surface area (Å²) in [4.78, 5) is 4.74. The number of rotatable bonds is 5. The van der Waals surface area contributed by atoms with Gasteiger partial charge in [-0.25, -0.2) is 0 Å². The zero-order valence-electron chi connectivity index (χ0n) is 16.8. The summed E-state index contributed by atoms with van der Waals surface area (Å²) in [5, 5.41) is 2.42. The van der Waals surface area contributed by atoms with Crippen molar-refractivity contribution in [1.29, 1.82) is 0 Å². The minimum absolute atomic E-state index is 0.478. The van der Waals surface area contributed by atoms with Gasteiger partial charge in [-0.2, -0.15) is 0 Å². The van der Waals surface area contributed by atoms with Crippen LogP contribution in [-0.4, -0.2) is 6.21 Å². The first-order chi connectivity index (χ1) is 14.5. The molecule has 0 atom stereocenters. The Bertz CT molecular complexity index is 1240. The van der Waals surface area contributed by atoms with Gasteiger partial charge >= 0.3 is 0 Å². The predicted molar refractivity (Wildman–Crippen MR) is 133 cm³/mol. The van der Waals surface area contributed by atoms with E-state index < -0.39 is 0 Å². The van der Waals surface area contributed by atoms with E-state index in [2.05, 4.69) is 94.2 Å². The number of benzene rings is 4. The average molecular weight is 523 g/mol. The molecule has 0 saturated carbocycles. The summed E-state index contributed by atoms with van der Waals surface area (Å²) in [6.07, 6.45) is 1.87. The van der Waals surface area contributed by atoms with Crippen LogP contribution >= 0.6 is 31.9 Å². The van der Waals surface area contributed by atoms with Crippen molar-refractivity contribution in [1.82, 2.24) is 0 Å². The van der Waals surface area contributed by atoms with Crippen molar-refractivity contribution < 1.29 is 4.74 Å². The highest BCUT2D eigenvalue weighted by molar-refractivity contribution is 9.11. The molecule has 0 aliphatic heterocycles. The number of hydrogen-bond donors (Lipinski definition) is 0. The second-order valence-electron chi connectivity index (χ2n) is 7.21. The molecule has 0 radical (unpaired) electrons. The third-order valence-corrected chi connectivity index (χ3v) is 6.25. The highest BCUT2D eigenvalue weighted by atomic mass is 79.9. The molecule has 4 heteroatoms. The van der Waals surface area contributed by atoms with E-state index in [4.69, 9.17) is 9.73 Å². The Balaban J connectivity index is 1.66. The maximum atomic E-state index is 6.30. The van der Waals surface area contributed by atoms with Crippen LogP contribution < -0.4 is 4.74 Å². The van der Waals surface area contributed by atoms with E-state index in [-0.39, 0.29) is 0 Å². The molecule has 0 saturated heterocycles. The number of fused-ring (bicyclic) bond motifs is 1. The average Bonchev–Trinajstić information content (AvgIpc) is 2.74. The monoisotopic (exact) mass is 521 g/mol. The lowest BCUT2D eigenvalue weighted by atomic mass is 10.1. The van der Waals surface area contributed by atoms with Crippen LogP contribution in [0.4, 0.5) is 5.69 Å². The number of hydrogen-bond acceptors (Lipinski definition) is 2.